The second-order valence-corrected chi connectivity index (χ2v) is 6.30. The Morgan fingerprint density at radius 1 is 0.710 bits per heavy atom. The van der Waals surface area contributed by atoms with Gasteiger partial charge in [-0.05, 0) is 47.5 Å². The van der Waals surface area contributed by atoms with Gasteiger partial charge in [-0.25, -0.2) is 9.59 Å². The Morgan fingerprint density at radius 2 is 1.10 bits per heavy atom. The predicted molar refractivity (Wildman–Crippen MR) is 119 cm³/mol. The van der Waals surface area contributed by atoms with Gasteiger partial charge in [0.25, 0.3) is 0 Å². The van der Waals surface area contributed by atoms with Crippen LogP contribution in [0, 0.1) is 0 Å². The summed E-state index contributed by atoms with van der Waals surface area (Å²) in [6.07, 6.45) is 6.10. The lowest BCUT2D eigenvalue weighted by molar-refractivity contribution is -0.137. The number of nitrogens with one attached hydrogen (secondary N) is 1. The van der Waals surface area contributed by atoms with Crippen LogP contribution in [0.15, 0.2) is 60.7 Å². The first-order chi connectivity index (χ1) is 15.1. The van der Waals surface area contributed by atoms with Crippen LogP contribution in [0.2, 0.25) is 0 Å². The van der Waals surface area contributed by atoms with E-state index in [0.29, 0.717) is 13.1 Å². The minimum absolute atomic E-state index is 0.219. The summed E-state index contributed by atoms with van der Waals surface area (Å²) in [5.74, 6) is 0.662. The normalized spacial score (nSPS) is 10.9. The molecule has 2 aromatic rings. The van der Waals surface area contributed by atoms with E-state index < -0.39 is 11.9 Å². The van der Waals surface area contributed by atoms with Gasteiger partial charge in [0.05, 0.1) is 14.2 Å². The highest BCUT2D eigenvalue weighted by Gasteiger charge is 1.99. The number of rotatable bonds is 12. The van der Waals surface area contributed by atoms with Gasteiger partial charge < -0.3 is 24.3 Å². The maximum atomic E-state index is 11.7. The fraction of sp³-hybridized carbons (Fsp3) is 0.250. The van der Waals surface area contributed by atoms with Crippen LogP contribution in [-0.4, -0.2) is 52.5 Å². The zero-order valence-electron chi connectivity index (χ0n) is 17.7. The highest BCUT2D eigenvalue weighted by Crippen LogP contribution is 2.13. The SMILES string of the molecule is COc1ccc(/C=C/C(=O)OCCNCCOC(=O)/C=C/c2ccc(OC)cc2)cc1. The van der Waals surface area contributed by atoms with Crippen LogP contribution in [0.1, 0.15) is 11.1 Å². The summed E-state index contributed by atoms with van der Waals surface area (Å²) < 4.78 is 20.4. The average molecular weight is 425 g/mol. The summed E-state index contributed by atoms with van der Waals surface area (Å²) in [7, 11) is 3.20. The number of hydrogen-bond donors (Lipinski definition) is 1. The summed E-state index contributed by atoms with van der Waals surface area (Å²) in [5.41, 5.74) is 1.75. The van der Waals surface area contributed by atoms with Crippen LogP contribution in [0.3, 0.4) is 0 Å². The smallest absolute Gasteiger partial charge is 0.330 e. The largest absolute Gasteiger partial charge is 0.497 e. The van der Waals surface area contributed by atoms with Crippen LogP contribution in [0.4, 0.5) is 0 Å². The molecule has 0 bridgehead atoms. The third-order valence-electron chi connectivity index (χ3n) is 4.10. The van der Waals surface area contributed by atoms with Gasteiger partial charge in [-0.3, -0.25) is 0 Å². The van der Waals surface area contributed by atoms with Gasteiger partial charge in [-0.2, -0.15) is 0 Å². The Morgan fingerprint density at radius 3 is 1.45 bits per heavy atom. The Hall–Kier alpha value is -3.58. The monoisotopic (exact) mass is 425 g/mol. The topological polar surface area (TPSA) is 83.1 Å². The molecule has 0 radical (unpaired) electrons. The lowest BCUT2D eigenvalue weighted by Gasteiger charge is -2.05. The van der Waals surface area contributed by atoms with Gasteiger partial charge in [0.1, 0.15) is 24.7 Å². The first-order valence-corrected chi connectivity index (χ1v) is 9.79. The highest BCUT2D eigenvalue weighted by atomic mass is 16.5. The zero-order valence-corrected chi connectivity index (χ0v) is 17.7. The standard InChI is InChI=1S/C24H27NO6/c1-28-21-9-3-19(4-10-21)7-13-23(26)30-17-15-25-16-18-31-24(27)14-8-20-5-11-22(29-2)12-6-20/h3-14,25H,15-18H2,1-2H3/b13-7+,14-8+. The molecule has 7 heteroatoms. The maximum Gasteiger partial charge on any atom is 0.330 e. The van der Waals surface area contributed by atoms with Crippen molar-refractivity contribution in [2.75, 3.05) is 40.5 Å². The number of ether oxygens (including phenoxy) is 4. The molecular weight excluding hydrogens is 398 g/mol. The molecule has 2 rings (SSSR count). The van der Waals surface area contributed by atoms with E-state index in [1.807, 2.05) is 48.5 Å². The third kappa shape index (κ3) is 9.64. The fourth-order valence-corrected chi connectivity index (χ4v) is 2.43. The molecule has 0 spiro atoms. The van der Waals surface area contributed by atoms with Gasteiger partial charge in [0.2, 0.25) is 0 Å². The minimum Gasteiger partial charge on any atom is -0.497 e. The molecule has 0 aliphatic heterocycles. The molecule has 0 aromatic heterocycles. The van der Waals surface area contributed by atoms with Crippen LogP contribution >= 0.6 is 0 Å². The van der Waals surface area contributed by atoms with E-state index in [1.165, 1.54) is 12.2 Å². The molecule has 0 fully saturated rings. The Bertz CT molecular complexity index is 798. The summed E-state index contributed by atoms with van der Waals surface area (Å²) in [5, 5.41) is 3.04. The second kappa shape index (κ2) is 13.6. The van der Waals surface area contributed by atoms with Crippen molar-refractivity contribution in [3.63, 3.8) is 0 Å². The Balaban J connectivity index is 1.53. The van der Waals surface area contributed by atoms with Crippen LogP contribution in [0.25, 0.3) is 12.2 Å². The number of benzene rings is 2. The van der Waals surface area contributed by atoms with E-state index in [4.69, 9.17) is 18.9 Å². The molecule has 0 amide bonds. The van der Waals surface area contributed by atoms with Crippen molar-refractivity contribution in [3.8, 4) is 11.5 Å². The summed E-state index contributed by atoms with van der Waals surface area (Å²) in [6, 6.07) is 14.6. The van der Waals surface area contributed by atoms with Gasteiger partial charge in [-0.1, -0.05) is 24.3 Å². The van der Waals surface area contributed by atoms with Crippen molar-refractivity contribution in [2.45, 2.75) is 0 Å². The van der Waals surface area contributed by atoms with E-state index in [9.17, 15) is 9.59 Å². The molecule has 1 N–H and O–H groups in total. The molecule has 0 unspecified atom stereocenters. The summed E-state index contributed by atoms with van der Waals surface area (Å²) in [4.78, 5) is 23.4. The Kier molecular flexibility index (Phi) is 10.4. The zero-order chi connectivity index (χ0) is 22.3. The molecule has 164 valence electrons. The number of carbonyl (C=O) groups is 2. The molecule has 0 aliphatic rings. The lowest BCUT2D eigenvalue weighted by Crippen LogP contribution is -2.25. The predicted octanol–water partition coefficient (Wildman–Crippen LogP) is 3.11. The summed E-state index contributed by atoms with van der Waals surface area (Å²) >= 11 is 0. The molecule has 2 aromatic carbocycles. The van der Waals surface area contributed by atoms with E-state index in [-0.39, 0.29) is 13.2 Å². The molecule has 0 saturated heterocycles. The average Bonchev–Trinajstić information content (AvgIpc) is 2.81. The highest BCUT2D eigenvalue weighted by molar-refractivity contribution is 5.87. The van der Waals surface area contributed by atoms with Gasteiger partial charge in [-0.15, -0.1) is 0 Å². The Labute approximate surface area is 182 Å². The maximum absolute atomic E-state index is 11.7. The molecule has 7 nitrogen and oxygen atoms in total. The van der Waals surface area contributed by atoms with E-state index in [2.05, 4.69) is 5.32 Å². The lowest BCUT2D eigenvalue weighted by atomic mass is 10.2. The summed E-state index contributed by atoms with van der Waals surface area (Å²) in [6.45, 7) is 1.36. The van der Waals surface area contributed by atoms with Crippen molar-refractivity contribution in [1.82, 2.24) is 5.32 Å². The van der Waals surface area contributed by atoms with Crippen LogP contribution < -0.4 is 14.8 Å². The molecular formula is C24H27NO6. The van der Waals surface area contributed by atoms with Crippen LogP contribution in [0.5, 0.6) is 11.5 Å². The number of esters is 2. The number of methoxy groups -OCH3 is 2. The fourth-order valence-electron chi connectivity index (χ4n) is 2.43. The van der Waals surface area contributed by atoms with Crippen molar-refractivity contribution in [2.24, 2.45) is 0 Å². The number of hydrogen-bond acceptors (Lipinski definition) is 7. The van der Waals surface area contributed by atoms with E-state index in [0.717, 1.165) is 22.6 Å². The molecule has 31 heavy (non-hydrogen) atoms. The molecule has 0 saturated carbocycles. The molecule has 0 aliphatic carbocycles. The van der Waals surface area contributed by atoms with Crippen molar-refractivity contribution < 1.29 is 28.5 Å². The molecule has 0 atom stereocenters. The van der Waals surface area contributed by atoms with Crippen molar-refractivity contribution in [1.29, 1.82) is 0 Å². The molecule has 0 heterocycles. The van der Waals surface area contributed by atoms with Crippen molar-refractivity contribution >= 4 is 24.1 Å². The van der Waals surface area contributed by atoms with E-state index >= 15 is 0 Å². The van der Waals surface area contributed by atoms with Crippen molar-refractivity contribution in [3.05, 3.63) is 71.8 Å². The van der Waals surface area contributed by atoms with E-state index in [1.54, 1.807) is 26.4 Å². The first kappa shape index (κ1) is 23.7. The number of carbonyl (C=O) groups excluding carboxylic acids is 2. The minimum atomic E-state index is -0.423. The first-order valence-electron chi connectivity index (χ1n) is 9.79. The second-order valence-electron chi connectivity index (χ2n) is 6.30. The van der Waals surface area contributed by atoms with Gasteiger partial charge in [0, 0.05) is 25.2 Å². The quantitative estimate of drug-likeness (QED) is 0.318. The third-order valence-corrected chi connectivity index (χ3v) is 4.10. The van der Waals surface area contributed by atoms with Gasteiger partial charge in [0.15, 0.2) is 0 Å². The van der Waals surface area contributed by atoms with Crippen LogP contribution in [-0.2, 0) is 19.1 Å². The van der Waals surface area contributed by atoms with Gasteiger partial charge >= 0.3 is 11.9 Å².